The van der Waals surface area contributed by atoms with Crippen LogP contribution in [0.1, 0.15) is 18.1 Å². The molecule has 0 saturated carbocycles. The summed E-state index contributed by atoms with van der Waals surface area (Å²) < 4.78 is 41.8. The lowest BCUT2D eigenvalue weighted by Gasteiger charge is -2.28. The number of hydrogen-bond donors (Lipinski definition) is 2. The minimum atomic E-state index is -4.40. The van der Waals surface area contributed by atoms with Crippen LogP contribution >= 0.6 is 11.6 Å². The molecule has 2 aromatic rings. The van der Waals surface area contributed by atoms with E-state index in [0.29, 0.717) is 28.3 Å². The molecule has 1 heterocycles. The van der Waals surface area contributed by atoms with Crippen molar-refractivity contribution < 1.29 is 22.7 Å². The molecule has 2 aromatic carbocycles. The van der Waals surface area contributed by atoms with E-state index in [4.69, 9.17) is 16.3 Å². The summed E-state index contributed by atoms with van der Waals surface area (Å²) in [5.74, 6) is 0. The van der Waals surface area contributed by atoms with Crippen molar-refractivity contribution in [2.75, 3.05) is 11.6 Å². The van der Waals surface area contributed by atoms with Gasteiger partial charge in [0, 0.05) is 10.6 Å². The van der Waals surface area contributed by atoms with E-state index in [1.165, 1.54) is 0 Å². The van der Waals surface area contributed by atoms with Crippen LogP contribution in [0.2, 0.25) is 5.02 Å². The molecule has 29 heavy (non-hydrogen) atoms. The molecular formula is C20H19ClF3N3O2. The average molecular weight is 426 g/mol. The van der Waals surface area contributed by atoms with Gasteiger partial charge in [-0.3, -0.25) is 9.80 Å². The van der Waals surface area contributed by atoms with Gasteiger partial charge in [-0.2, -0.15) is 13.2 Å². The van der Waals surface area contributed by atoms with Crippen LogP contribution < -0.4 is 15.8 Å². The number of hydrazine groups is 1. The molecule has 0 bridgehead atoms. The van der Waals surface area contributed by atoms with Gasteiger partial charge in [0.1, 0.15) is 12.3 Å². The van der Waals surface area contributed by atoms with E-state index in [0.717, 1.165) is 5.69 Å². The highest BCUT2D eigenvalue weighted by Gasteiger charge is 2.34. The summed E-state index contributed by atoms with van der Waals surface area (Å²) in [5.41, 5.74) is 5.01. The Hall–Kier alpha value is -2.55. The van der Waals surface area contributed by atoms with E-state index in [1.54, 1.807) is 36.2 Å². The maximum atomic E-state index is 12.3. The summed E-state index contributed by atoms with van der Waals surface area (Å²) in [5, 5.41) is 4.85. The van der Waals surface area contributed by atoms with Crippen LogP contribution in [0, 0.1) is 0 Å². The number of nitrogens with one attached hydrogen (secondary N) is 2. The molecule has 0 aromatic heterocycles. The third kappa shape index (κ3) is 5.50. The van der Waals surface area contributed by atoms with Crippen molar-refractivity contribution in [3.63, 3.8) is 0 Å². The fraction of sp³-hybridized carbons (Fsp3) is 0.250. The second-order valence-corrected chi connectivity index (χ2v) is 7.17. The Balaban J connectivity index is 1.93. The summed E-state index contributed by atoms with van der Waals surface area (Å²) in [6.45, 7) is 0.210. The molecule has 1 amide bonds. The lowest BCUT2D eigenvalue weighted by Crippen LogP contribution is -2.54. The zero-order valence-electron chi connectivity index (χ0n) is 15.5. The molecule has 0 fully saturated rings. The molecule has 9 heteroatoms. The molecule has 0 radical (unpaired) electrons. The Kier molecular flexibility index (Phi) is 6.16. The first-order valence-electron chi connectivity index (χ1n) is 8.71. The average Bonchev–Trinajstić information content (AvgIpc) is 2.99. The topological polar surface area (TPSA) is 53.6 Å². The quantitative estimate of drug-likeness (QED) is 0.651. The zero-order valence-corrected chi connectivity index (χ0v) is 16.2. The van der Waals surface area contributed by atoms with Crippen molar-refractivity contribution >= 4 is 29.4 Å². The summed E-state index contributed by atoms with van der Waals surface area (Å²) in [6.07, 6.45) is -2.00. The number of benzene rings is 2. The Morgan fingerprint density at radius 3 is 2.62 bits per heavy atom. The Labute approximate surface area is 171 Å². The molecule has 5 nitrogen and oxygen atoms in total. The molecule has 1 atom stereocenters. The number of ether oxygens (including phenoxy) is 1. The second kappa shape index (κ2) is 8.44. The number of alkyl halides is 3. The summed E-state index contributed by atoms with van der Waals surface area (Å²) in [7, 11) is 0. The maximum Gasteiger partial charge on any atom is 0.411 e. The lowest BCUT2D eigenvalue weighted by atomic mass is 10.1. The highest BCUT2D eigenvalue weighted by Crippen LogP contribution is 2.33. The third-order valence-corrected chi connectivity index (χ3v) is 4.39. The van der Waals surface area contributed by atoms with Crippen LogP contribution in [0.3, 0.4) is 0 Å². The first-order valence-corrected chi connectivity index (χ1v) is 9.08. The molecule has 154 valence electrons. The molecule has 1 unspecified atom stereocenters. The van der Waals surface area contributed by atoms with Crippen molar-refractivity contribution in [3.05, 3.63) is 70.8 Å². The van der Waals surface area contributed by atoms with Crippen LogP contribution in [0.15, 0.2) is 54.6 Å². The predicted molar refractivity (Wildman–Crippen MR) is 105 cm³/mol. The van der Waals surface area contributed by atoms with Crippen LogP contribution in [0.4, 0.5) is 18.9 Å². The number of halogens is 4. The van der Waals surface area contributed by atoms with Crippen molar-refractivity contribution in [3.8, 4) is 0 Å². The van der Waals surface area contributed by atoms with Gasteiger partial charge in [-0.15, -0.1) is 0 Å². The number of para-hydroxylation sites is 1. The normalized spacial score (nSPS) is 19.2. The lowest BCUT2D eigenvalue weighted by molar-refractivity contribution is -0.176. The second-order valence-electron chi connectivity index (χ2n) is 6.73. The number of hydrogen-bond acceptors (Lipinski definition) is 4. The fourth-order valence-corrected chi connectivity index (χ4v) is 3.28. The van der Waals surface area contributed by atoms with Gasteiger partial charge in [-0.05, 0) is 48.9 Å². The first kappa shape index (κ1) is 21.2. The van der Waals surface area contributed by atoms with E-state index in [1.807, 2.05) is 30.3 Å². The van der Waals surface area contributed by atoms with Gasteiger partial charge in [-0.25, -0.2) is 5.43 Å². The highest BCUT2D eigenvalue weighted by molar-refractivity contribution is 6.30. The van der Waals surface area contributed by atoms with Gasteiger partial charge in [0.25, 0.3) is 0 Å². The smallest absolute Gasteiger partial charge is 0.367 e. The van der Waals surface area contributed by atoms with E-state index in [-0.39, 0.29) is 6.61 Å². The number of rotatable bonds is 7. The number of nitrogens with zero attached hydrogens (tertiary/aromatic N) is 1. The van der Waals surface area contributed by atoms with Crippen molar-refractivity contribution in [1.29, 1.82) is 0 Å². The van der Waals surface area contributed by atoms with Gasteiger partial charge in [0.05, 0.1) is 18.0 Å². The number of carbonyl (C=O) groups excluding carboxylic acids is 1. The van der Waals surface area contributed by atoms with Crippen molar-refractivity contribution in [1.82, 2.24) is 10.7 Å². The highest BCUT2D eigenvalue weighted by atomic mass is 35.5. The molecular weight excluding hydrogens is 407 g/mol. The van der Waals surface area contributed by atoms with Gasteiger partial charge >= 0.3 is 6.18 Å². The summed E-state index contributed by atoms with van der Waals surface area (Å²) in [4.78, 5) is 11.0. The molecule has 1 aliphatic heterocycles. The van der Waals surface area contributed by atoms with Gasteiger partial charge < -0.3 is 10.1 Å². The molecule has 3 rings (SSSR count). The molecule has 0 spiro atoms. The Bertz CT molecular complexity index is 906. The van der Waals surface area contributed by atoms with E-state index < -0.39 is 18.4 Å². The molecule has 0 saturated heterocycles. The molecule has 2 N–H and O–H groups in total. The van der Waals surface area contributed by atoms with Crippen LogP contribution in [-0.2, 0) is 16.1 Å². The number of carbonyl (C=O) groups is 1. The third-order valence-electron chi connectivity index (χ3n) is 4.17. The largest absolute Gasteiger partial charge is 0.411 e. The maximum absolute atomic E-state index is 12.3. The van der Waals surface area contributed by atoms with E-state index in [9.17, 15) is 18.0 Å². The number of amides is 1. The Morgan fingerprint density at radius 1 is 1.24 bits per heavy atom. The first-order chi connectivity index (χ1) is 13.7. The van der Waals surface area contributed by atoms with E-state index in [2.05, 4.69) is 10.7 Å². The number of anilines is 1. The molecule has 1 aliphatic rings. The minimum absolute atomic E-state index is 0.233. The van der Waals surface area contributed by atoms with Crippen LogP contribution in [0.25, 0.3) is 5.70 Å². The predicted octanol–water partition coefficient (Wildman–Crippen LogP) is 4.25. The van der Waals surface area contributed by atoms with Crippen LogP contribution in [-0.4, -0.2) is 24.9 Å². The standard InChI is InChI=1S/C20H19ClF3N3O2/c1-19(25-13-28)10-18(27(26-19)17-5-3-2-4-6-17)15-7-14(8-16(21)9-15)11-29-12-20(22,23)24/h2-10,13,26H,11-12H2,1H3,(H,25,28). The fourth-order valence-electron chi connectivity index (χ4n) is 3.02. The monoisotopic (exact) mass is 425 g/mol. The van der Waals surface area contributed by atoms with Gasteiger partial charge in [-0.1, -0.05) is 29.8 Å². The van der Waals surface area contributed by atoms with Crippen molar-refractivity contribution in [2.24, 2.45) is 0 Å². The van der Waals surface area contributed by atoms with Crippen LogP contribution in [0.5, 0.6) is 0 Å². The Morgan fingerprint density at radius 2 is 1.97 bits per heavy atom. The SMILES string of the molecule is CC1(NC=O)C=C(c2cc(Cl)cc(COCC(F)(F)F)c2)N(c2ccccc2)N1. The molecule has 0 aliphatic carbocycles. The summed E-state index contributed by atoms with van der Waals surface area (Å²) >= 11 is 6.21. The van der Waals surface area contributed by atoms with Gasteiger partial charge in [0.2, 0.25) is 6.41 Å². The van der Waals surface area contributed by atoms with Gasteiger partial charge in [0.15, 0.2) is 0 Å². The van der Waals surface area contributed by atoms with E-state index >= 15 is 0 Å². The summed E-state index contributed by atoms with van der Waals surface area (Å²) in [6, 6.07) is 14.3. The minimum Gasteiger partial charge on any atom is -0.367 e. The van der Waals surface area contributed by atoms with Crippen molar-refractivity contribution in [2.45, 2.75) is 25.4 Å². The zero-order chi connectivity index (χ0) is 21.1.